The van der Waals surface area contributed by atoms with Gasteiger partial charge in [-0.3, -0.25) is 9.67 Å². The molecule has 7 nitrogen and oxygen atoms in total. The van der Waals surface area contributed by atoms with Gasteiger partial charge in [0.25, 0.3) is 0 Å². The van der Waals surface area contributed by atoms with E-state index in [1.54, 1.807) is 13.1 Å². The molecule has 2 N–H and O–H groups in total. The predicted octanol–water partition coefficient (Wildman–Crippen LogP) is 3.88. The highest BCUT2D eigenvalue weighted by molar-refractivity contribution is 14.0. The van der Waals surface area contributed by atoms with Crippen LogP contribution in [0.2, 0.25) is 0 Å². The summed E-state index contributed by atoms with van der Waals surface area (Å²) < 4.78 is 7.30. The van der Waals surface area contributed by atoms with E-state index >= 15 is 0 Å². The van der Waals surface area contributed by atoms with Gasteiger partial charge in [0.15, 0.2) is 5.96 Å². The van der Waals surface area contributed by atoms with Gasteiger partial charge in [0, 0.05) is 38.4 Å². The topological polar surface area (TPSA) is 80.5 Å². The standard InChI is InChI=1S/C24H29N5O2.HI/c1-17-22(18(2)29(4)28-17)15-27-24(25-3)26-14-20-11-8-12-21(13-20)23(30)31-16-19-9-6-5-7-10-19;/h5-13H,14-16H2,1-4H3,(H2,25,26,27);1H. The van der Waals surface area contributed by atoms with Gasteiger partial charge in [-0.05, 0) is 37.1 Å². The van der Waals surface area contributed by atoms with E-state index in [-0.39, 0.29) is 36.6 Å². The monoisotopic (exact) mass is 547 g/mol. The largest absolute Gasteiger partial charge is 0.457 e. The number of carbonyl (C=O) groups is 1. The van der Waals surface area contributed by atoms with E-state index < -0.39 is 0 Å². The van der Waals surface area contributed by atoms with Crippen molar-refractivity contribution < 1.29 is 9.53 Å². The number of aromatic nitrogens is 2. The summed E-state index contributed by atoms with van der Waals surface area (Å²) in [4.78, 5) is 16.7. The molecule has 0 spiro atoms. The van der Waals surface area contributed by atoms with Crippen LogP contribution in [0.15, 0.2) is 59.6 Å². The Bertz CT molecular complexity index is 1060. The smallest absolute Gasteiger partial charge is 0.338 e. The fraction of sp³-hybridized carbons (Fsp3) is 0.292. The van der Waals surface area contributed by atoms with Gasteiger partial charge < -0.3 is 15.4 Å². The number of halogens is 1. The molecule has 170 valence electrons. The molecule has 0 bridgehead atoms. The number of ether oxygens (including phenoxy) is 1. The maximum Gasteiger partial charge on any atom is 0.338 e. The van der Waals surface area contributed by atoms with Crippen LogP contribution in [0.25, 0.3) is 0 Å². The van der Waals surface area contributed by atoms with E-state index in [2.05, 4.69) is 27.6 Å². The minimum atomic E-state index is -0.337. The number of aliphatic imine (C=N–C) groups is 1. The molecule has 0 amide bonds. The second-order valence-electron chi connectivity index (χ2n) is 7.31. The molecule has 0 saturated heterocycles. The molecule has 0 fully saturated rings. The minimum Gasteiger partial charge on any atom is -0.457 e. The first-order chi connectivity index (χ1) is 15.0. The lowest BCUT2D eigenvalue weighted by molar-refractivity contribution is 0.0472. The first-order valence-electron chi connectivity index (χ1n) is 10.2. The lowest BCUT2D eigenvalue weighted by Crippen LogP contribution is -2.36. The third kappa shape index (κ3) is 6.81. The number of nitrogens with zero attached hydrogens (tertiary/aromatic N) is 3. The number of hydrogen-bond acceptors (Lipinski definition) is 4. The molecule has 1 aromatic heterocycles. The number of rotatable bonds is 7. The molecule has 8 heteroatoms. The third-order valence-corrected chi connectivity index (χ3v) is 5.15. The van der Waals surface area contributed by atoms with Gasteiger partial charge in [-0.2, -0.15) is 5.10 Å². The first-order valence-corrected chi connectivity index (χ1v) is 10.2. The first kappa shape index (κ1) is 25.4. The minimum absolute atomic E-state index is 0. The van der Waals surface area contributed by atoms with Gasteiger partial charge in [0.05, 0.1) is 11.3 Å². The van der Waals surface area contributed by atoms with E-state index in [1.165, 1.54) is 0 Å². The number of carbonyl (C=O) groups excluding carboxylic acids is 1. The van der Waals surface area contributed by atoms with Crippen molar-refractivity contribution in [2.75, 3.05) is 7.05 Å². The van der Waals surface area contributed by atoms with Gasteiger partial charge >= 0.3 is 5.97 Å². The van der Waals surface area contributed by atoms with Gasteiger partial charge in [-0.1, -0.05) is 42.5 Å². The Labute approximate surface area is 206 Å². The van der Waals surface area contributed by atoms with Crippen LogP contribution in [0.5, 0.6) is 0 Å². The Morgan fingerprint density at radius 2 is 1.72 bits per heavy atom. The fourth-order valence-electron chi connectivity index (χ4n) is 3.27. The summed E-state index contributed by atoms with van der Waals surface area (Å²) >= 11 is 0. The lowest BCUT2D eigenvalue weighted by Gasteiger charge is -2.13. The summed E-state index contributed by atoms with van der Waals surface area (Å²) in [5.41, 5.74) is 5.74. The molecular weight excluding hydrogens is 517 g/mol. The van der Waals surface area contributed by atoms with Gasteiger partial charge in [-0.15, -0.1) is 24.0 Å². The molecule has 0 aliphatic carbocycles. The van der Waals surface area contributed by atoms with Crippen LogP contribution in [0.3, 0.4) is 0 Å². The number of esters is 1. The van der Waals surface area contributed by atoms with E-state index in [0.717, 1.165) is 28.1 Å². The van der Waals surface area contributed by atoms with Crippen LogP contribution in [-0.4, -0.2) is 28.8 Å². The van der Waals surface area contributed by atoms with Crippen LogP contribution in [0, 0.1) is 13.8 Å². The number of guanidine groups is 1. The van der Waals surface area contributed by atoms with E-state index in [0.29, 0.717) is 24.6 Å². The number of aryl methyl sites for hydroxylation is 2. The summed E-state index contributed by atoms with van der Waals surface area (Å²) in [6.07, 6.45) is 0. The molecule has 2 aromatic carbocycles. The summed E-state index contributed by atoms with van der Waals surface area (Å²) in [6, 6.07) is 17.1. The quantitative estimate of drug-likeness (QED) is 0.203. The Kier molecular flexibility index (Phi) is 9.70. The molecule has 32 heavy (non-hydrogen) atoms. The fourth-order valence-corrected chi connectivity index (χ4v) is 3.27. The summed E-state index contributed by atoms with van der Waals surface area (Å²) in [6.45, 7) is 5.48. The molecular formula is C24H30IN5O2. The van der Waals surface area contributed by atoms with Crippen LogP contribution < -0.4 is 10.6 Å². The molecule has 0 saturated carbocycles. The van der Waals surface area contributed by atoms with Gasteiger partial charge in [0.1, 0.15) is 6.61 Å². The molecule has 1 heterocycles. The van der Waals surface area contributed by atoms with Crippen molar-refractivity contribution in [3.05, 3.63) is 88.2 Å². The number of benzene rings is 2. The maximum absolute atomic E-state index is 12.4. The third-order valence-electron chi connectivity index (χ3n) is 5.15. The molecule has 0 aliphatic heterocycles. The van der Waals surface area contributed by atoms with Crippen LogP contribution in [-0.2, 0) is 31.5 Å². The van der Waals surface area contributed by atoms with Crippen molar-refractivity contribution in [2.24, 2.45) is 12.0 Å². The van der Waals surface area contributed by atoms with Crippen molar-refractivity contribution in [3.63, 3.8) is 0 Å². The van der Waals surface area contributed by atoms with Crippen molar-refractivity contribution in [1.82, 2.24) is 20.4 Å². The second kappa shape index (κ2) is 12.2. The molecule has 0 atom stereocenters. The Morgan fingerprint density at radius 1 is 1.03 bits per heavy atom. The normalized spacial score (nSPS) is 10.9. The van der Waals surface area contributed by atoms with Gasteiger partial charge in [0.2, 0.25) is 0 Å². The highest BCUT2D eigenvalue weighted by Gasteiger charge is 2.11. The second-order valence-corrected chi connectivity index (χ2v) is 7.31. The zero-order valence-corrected chi connectivity index (χ0v) is 21.2. The van der Waals surface area contributed by atoms with Crippen molar-refractivity contribution in [1.29, 1.82) is 0 Å². The van der Waals surface area contributed by atoms with E-state index in [9.17, 15) is 4.79 Å². The maximum atomic E-state index is 12.4. The summed E-state index contributed by atoms with van der Waals surface area (Å²) in [7, 11) is 3.67. The lowest BCUT2D eigenvalue weighted by atomic mass is 10.1. The SMILES string of the molecule is CN=C(NCc1cccc(C(=O)OCc2ccccc2)c1)NCc1c(C)nn(C)c1C.I. The van der Waals surface area contributed by atoms with E-state index in [4.69, 9.17) is 4.74 Å². The molecule has 3 rings (SSSR count). The molecule has 0 unspecified atom stereocenters. The molecule has 0 radical (unpaired) electrons. The zero-order chi connectivity index (χ0) is 22.2. The zero-order valence-electron chi connectivity index (χ0n) is 18.9. The van der Waals surface area contributed by atoms with Crippen LogP contribution in [0.1, 0.15) is 38.4 Å². The summed E-state index contributed by atoms with van der Waals surface area (Å²) in [5.74, 6) is 0.343. The Morgan fingerprint density at radius 3 is 2.38 bits per heavy atom. The van der Waals surface area contributed by atoms with Crippen molar-refractivity contribution >= 4 is 35.9 Å². The summed E-state index contributed by atoms with van der Waals surface area (Å²) in [5, 5.41) is 11.0. The highest BCUT2D eigenvalue weighted by Crippen LogP contribution is 2.12. The van der Waals surface area contributed by atoms with Gasteiger partial charge in [-0.25, -0.2) is 4.79 Å². The highest BCUT2D eigenvalue weighted by atomic mass is 127. The molecule has 0 aliphatic rings. The predicted molar refractivity (Wildman–Crippen MR) is 137 cm³/mol. The Hall–Kier alpha value is -2.88. The number of nitrogens with one attached hydrogen (secondary N) is 2. The van der Waals surface area contributed by atoms with Crippen LogP contribution >= 0.6 is 24.0 Å². The van der Waals surface area contributed by atoms with Crippen molar-refractivity contribution in [2.45, 2.75) is 33.5 Å². The average Bonchev–Trinajstić information content (AvgIpc) is 3.04. The average molecular weight is 547 g/mol. The van der Waals surface area contributed by atoms with Crippen molar-refractivity contribution in [3.8, 4) is 0 Å². The number of hydrogen-bond donors (Lipinski definition) is 2. The van der Waals surface area contributed by atoms with E-state index in [1.807, 2.05) is 67.2 Å². The van der Waals surface area contributed by atoms with Crippen LogP contribution in [0.4, 0.5) is 0 Å². The molecule has 3 aromatic rings. The Balaban J connectivity index is 0.00000363.